The van der Waals surface area contributed by atoms with E-state index in [0.717, 1.165) is 20.5 Å². The van der Waals surface area contributed by atoms with E-state index in [1.807, 2.05) is 49.4 Å². The summed E-state index contributed by atoms with van der Waals surface area (Å²) in [6.45, 7) is 3.69. The standard InChI is InChI=1S/C22H18BrN3O2S/c1-13(20(27)25-17-10-8-16(23)9-11-17)26-12-24-21-19(22(26)28)18(14(2)29-21)15-6-4-3-5-7-15/h3-13H,1-2H3,(H,25,27). The Morgan fingerprint density at radius 1 is 1.14 bits per heavy atom. The fraction of sp³-hybridized carbons (Fsp3) is 0.136. The smallest absolute Gasteiger partial charge is 0.263 e. The van der Waals surface area contributed by atoms with Crippen LogP contribution in [0.15, 0.2) is 70.2 Å². The Balaban J connectivity index is 1.74. The largest absolute Gasteiger partial charge is 0.324 e. The van der Waals surface area contributed by atoms with Crippen LogP contribution in [0.25, 0.3) is 21.3 Å². The van der Waals surface area contributed by atoms with Crippen LogP contribution in [0.2, 0.25) is 0 Å². The molecule has 1 amide bonds. The van der Waals surface area contributed by atoms with Gasteiger partial charge in [-0.2, -0.15) is 0 Å². The van der Waals surface area contributed by atoms with Gasteiger partial charge in [0.1, 0.15) is 10.9 Å². The zero-order valence-corrected chi connectivity index (χ0v) is 18.3. The molecule has 0 aliphatic rings. The number of anilines is 1. The van der Waals surface area contributed by atoms with Crippen molar-refractivity contribution in [1.82, 2.24) is 9.55 Å². The number of amides is 1. The predicted octanol–water partition coefficient (Wildman–Crippen LogP) is 5.40. The van der Waals surface area contributed by atoms with Crippen molar-refractivity contribution in [2.75, 3.05) is 5.32 Å². The van der Waals surface area contributed by atoms with E-state index in [9.17, 15) is 9.59 Å². The summed E-state index contributed by atoms with van der Waals surface area (Å²) in [7, 11) is 0. The summed E-state index contributed by atoms with van der Waals surface area (Å²) >= 11 is 4.86. The van der Waals surface area contributed by atoms with Crippen molar-refractivity contribution in [3.8, 4) is 11.1 Å². The van der Waals surface area contributed by atoms with E-state index in [4.69, 9.17) is 0 Å². The van der Waals surface area contributed by atoms with Crippen LogP contribution < -0.4 is 10.9 Å². The summed E-state index contributed by atoms with van der Waals surface area (Å²) in [5, 5.41) is 3.41. The molecule has 0 saturated heterocycles. The number of aromatic nitrogens is 2. The topological polar surface area (TPSA) is 64.0 Å². The number of nitrogens with zero attached hydrogens (tertiary/aromatic N) is 2. The van der Waals surface area contributed by atoms with Crippen LogP contribution in [-0.2, 0) is 4.79 Å². The SMILES string of the molecule is Cc1sc2ncn(C(C)C(=O)Nc3ccc(Br)cc3)c(=O)c2c1-c1ccccc1. The Kier molecular flexibility index (Phi) is 5.34. The van der Waals surface area contributed by atoms with Gasteiger partial charge in [-0.05, 0) is 43.7 Å². The molecular weight excluding hydrogens is 450 g/mol. The molecule has 1 atom stereocenters. The molecule has 4 rings (SSSR count). The Labute approximate surface area is 180 Å². The van der Waals surface area contributed by atoms with Crippen LogP contribution in [0.1, 0.15) is 17.8 Å². The molecule has 0 aliphatic carbocycles. The van der Waals surface area contributed by atoms with Crippen LogP contribution in [0, 0.1) is 6.92 Å². The number of nitrogens with one attached hydrogen (secondary N) is 1. The molecule has 29 heavy (non-hydrogen) atoms. The van der Waals surface area contributed by atoms with E-state index in [1.165, 1.54) is 22.2 Å². The highest BCUT2D eigenvalue weighted by Gasteiger charge is 2.21. The molecule has 0 spiro atoms. The minimum Gasteiger partial charge on any atom is -0.324 e. The van der Waals surface area contributed by atoms with Gasteiger partial charge in [0.25, 0.3) is 5.56 Å². The maximum atomic E-state index is 13.3. The van der Waals surface area contributed by atoms with Crippen LogP contribution in [-0.4, -0.2) is 15.5 Å². The molecule has 0 bridgehead atoms. The Morgan fingerprint density at radius 2 is 1.83 bits per heavy atom. The monoisotopic (exact) mass is 467 g/mol. The van der Waals surface area contributed by atoms with Gasteiger partial charge in [0.05, 0.1) is 11.7 Å². The van der Waals surface area contributed by atoms with Gasteiger partial charge in [-0.15, -0.1) is 11.3 Å². The number of aryl methyl sites for hydroxylation is 1. The Morgan fingerprint density at radius 3 is 2.52 bits per heavy atom. The first-order chi connectivity index (χ1) is 14.0. The third-order valence-electron chi connectivity index (χ3n) is 4.78. The highest BCUT2D eigenvalue weighted by Crippen LogP contribution is 2.35. The van der Waals surface area contributed by atoms with Crippen LogP contribution in [0.3, 0.4) is 0 Å². The first-order valence-electron chi connectivity index (χ1n) is 9.08. The van der Waals surface area contributed by atoms with Gasteiger partial charge in [0.15, 0.2) is 0 Å². The maximum absolute atomic E-state index is 13.3. The molecule has 0 saturated carbocycles. The highest BCUT2D eigenvalue weighted by atomic mass is 79.9. The second kappa shape index (κ2) is 7.93. The second-order valence-corrected chi connectivity index (χ2v) is 8.83. The molecule has 2 aromatic heterocycles. The number of carbonyl (C=O) groups is 1. The normalized spacial score (nSPS) is 12.1. The third kappa shape index (κ3) is 3.75. The van der Waals surface area contributed by atoms with Gasteiger partial charge < -0.3 is 5.32 Å². The van der Waals surface area contributed by atoms with Gasteiger partial charge in [-0.25, -0.2) is 4.98 Å². The minimum absolute atomic E-state index is 0.211. The number of benzene rings is 2. The van der Waals surface area contributed by atoms with Crippen molar-refractivity contribution < 1.29 is 4.79 Å². The van der Waals surface area contributed by atoms with E-state index in [2.05, 4.69) is 26.2 Å². The first-order valence-corrected chi connectivity index (χ1v) is 10.7. The molecule has 146 valence electrons. The number of halogens is 1. The van der Waals surface area contributed by atoms with Crippen LogP contribution in [0.5, 0.6) is 0 Å². The van der Waals surface area contributed by atoms with E-state index < -0.39 is 6.04 Å². The van der Waals surface area contributed by atoms with Crippen molar-refractivity contribution in [2.45, 2.75) is 19.9 Å². The van der Waals surface area contributed by atoms with Crippen molar-refractivity contribution in [3.63, 3.8) is 0 Å². The number of rotatable bonds is 4. The Hall–Kier alpha value is -2.77. The molecule has 2 heterocycles. The Bertz CT molecular complexity index is 1250. The van der Waals surface area contributed by atoms with Gasteiger partial charge in [0.2, 0.25) is 5.91 Å². The molecule has 1 N–H and O–H groups in total. The quantitative estimate of drug-likeness (QED) is 0.437. The summed E-state index contributed by atoms with van der Waals surface area (Å²) < 4.78 is 2.32. The number of carbonyl (C=O) groups excluding carboxylic acids is 1. The lowest BCUT2D eigenvalue weighted by atomic mass is 10.0. The van der Waals surface area contributed by atoms with E-state index >= 15 is 0 Å². The average Bonchev–Trinajstić information content (AvgIpc) is 3.07. The van der Waals surface area contributed by atoms with Crippen LogP contribution >= 0.6 is 27.3 Å². The fourth-order valence-electron chi connectivity index (χ4n) is 3.25. The van der Waals surface area contributed by atoms with E-state index in [1.54, 1.807) is 19.1 Å². The summed E-state index contributed by atoms with van der Waals surface area (Å²) in [4.78, 5) is 32.2. The molecule has 7 heteroatoms. The summed E-state index contributed by atoms with van der Waals surface area (Å²) in [6.07, 6.45) is 1.46. The van der Waals surface area contributed by atoms with Gasteiger partial charge in [-0.1, -0.05) is 46.3 Å². The first kappa shape index (κ1) is 19.5. The lowest BCUT2D eigenvalue weighted by molar-refractivity contribution is -0.118. The van der Waals surface area contributed by atoms with Gasteiger partial charge >= 0.3 is 0 Å². The molecule has 0 aliphatic heterocycles. The van der Waals surface area contributed by atoms with Crippen molar-refractivity contribution >= 4 is 49.1 Å². The molecule has 1 unspecified atom stereocenters. The number of fused-ring (bicyclic) bond motifs is 1. The number of hydrogen-bond acceptors (Lipinski definition) is 4. The van der Waals surface area contributed by atoms with Crippen LogP contribution in [0.4, 0.5) is 5.69 Å². The van der Waals surface area contributed by atoms with Crippen molar-refractivity contribution in [1.29, 1.82) is 0 Å². The summed E-state index contributed by atoms with van der Waals surface area (Å²) in [6, 6.07) is 16.4. The van der Waals surface area contributed by atoms with Crippen molar-refractivity contribution in [3.05, 3.63) is 80.6 Å². The maximum Gasteiger partial charge on any atom is 0.263 e. The third-order valence-corrected chi connectivity index (χ3v) is 6.33. The highest BCUT2D eigenvalue weighted by molar-refractivity contribution is 9.10. The molecule has 5 nitrogen and oxygen atoms in total. The molecular formula is C22H18BrN3O2S. The molecule has 4 aromatic rings. The second-order valence-electron chi connectivity index (χ2n) is 6.71. The molecule has 2 aromatic carbocycles. The lowest BCUT2D eigenvalue weighted by Gasteiger charge is -2.15. The minimum atomic E-state index is -0.702. The lowest BCUT2D eigenvalue weighted by Crippen LogP contribution is -2.31. The van der Waals surface area contributed by atoms with Gasteiger partial charge in [0, 0.05) is 20.6 Å². The number of hydrogen-bond donors (Lipinski definition) is 1. The van der Waals surface area contributed by atoms with E-state index in [-0.39, 0.29) is 11.5 Å². The van der Waals surface area contributed by atoms with E-state index in [0.29, 0.717) is 15.9 Å². The molecule has 0 fully saturated rings. The average molecular weight is 468 g/mol. The zero-order valence-electron chi connectivity index (χ0n) is 15.8. The number of thiophene rings is 1. The fourth-order valence-corrected chi connectivity index (χ4v) is 4.52. The predicted molar refractivity (Wildman–Crippen MR) is 122 cm³/mol. The zero-order chi connectivity index (χ0) is 20.5. The molecule has 0 radical (unpaired) electrons. The summed E-state index contributed by atoms with van der Waals surface area (Å²) in [5.41, 5.74) is 2.32. The van der Waals surface area contributed by atoms with Gasteiger partial charge in [-0.3, -0.25) is 14.2 Å². The van der Waals surface area contributed by atoms with Crippen molar-refractivity contribution in [2.24, 2.45) is 0 Å². The summed E-state index contributed by atoms with van der Waals surface area (Å²) in [5.74, 6) is -0.274.